The van der Waals surface area contributed by atoms with Gasteiger partial charge in [0.25, 0.3) is 0 Å². The summed E-state index contributed by atoms with van der Waals surface area (Å²) in [4.78, 5) is 20.1. The number of sulfonamides is 1. The number of hydrogen-bond donors (Lipinski definition) is 1. The Morgan fingerprint density at radius 1 is 1.06 bits per heavy atom. The quantitative estimate of drug-likeness (QED) is 0.392. The third-order valence-electron chi connectivity index (χ3n) is 6.00. The zero-order valence-electron chi connectivity index (χ0n) is 18.8. The minimum atomic E-state index is -3.52. The number of nitrogens with zero attached hydrogens (tertiary/aromatic N) is 5. The average Bonchev–Trinajstić information content (AvgIpc) is 3.42. The molecule has 0 amide bonds. The molecule has 0 unspecified atom stereocenters. The summed E-state index contributed by atoms with van der Waals surface area (Å²) in [7, 11) is -3.52. The predicted octanol–water partition coefficient (Wildman–Crippen LogP) is 3.40. The van der Waals surface area contributed by atoms with Crippen molar-refractivity contribution in [3.8, 4) is 5.69 Å². The molecule has 2 aromatic heterocycles. The number of H-pyrrole nitrogens is 1. The van der Waals surface area contributed by atoms with E-state index >= 15 is 0 Å². The van der Waals surface area contributed by atoms with E-state index in [0.29, 0.717) is 41.7 Å². The van der Waals surface area contributed by atoms with Gasteiger partial charge in [0.15, 0.2) is 5.16 Å². The Bertz CT molecular complexity index is 1470. The molecule has 2 aromatic carbocycles. The maximum atomic E-state index is 13.1. The van der Waals surface area contributed by atoms with Crippen molar-refractivity contribution in [1.82, 2.24) is 28.6 Å². The van der Waals surface area contributed by atoms with Crippen LogP contribution in [-0.2, 0) is 22.3 Å². The van der Waals surface area contributed by atoms with Gasteiger partial charge in [0, 0.05) is 19.6 Å². The Morgan fingerprint density at radius 2 is 1.82 bits per heavy atom. The lowest BCUT2D eigenvalue weighted by Gasteiger charge is -2.25. The summed E-state index contributed by atoms with van der Waals surface area (Å²) >= 11 is 1.38. The molecule has 0 aliphatic carbocycles. The van der Waals surface area contributed by atoms with Crippen molar-refractivity contribution in [2.75, 3.05) is 13.1 Å². The second kappa shape index (κ2) is 9.40. The van der Waals surface area contributed by atoms with Crippen LogP contribution in [0, 0.1) is 0 Å². The highest BCUT2D eigenvalue weighted by atomic mass is 32.2. The van der Waals surface area contributed by atoms with Gasteiger partial charge in [-0.3, -0.25) is 4.98 Å². The van der Waals surface area contributed by atoms with E-state index in [1.54, 1.807) is 16.4 Å². The van der Waals surface area contributed by atoms with Crippen LogP contribution in [0.3, 0.4) is 0 Å². The molecule has 3 heterocycles. The van der Waals surface area contributed by atoms with Gasteiger partial charge in [-0.25, -0.2) is 18.2 Å². The molecule has 34 heavy (non-hydrogen) atoms. The summed E-state index contributed by atoms with van der Waals surface area (Å²) < 4.78 is 31.2. The van der Waals surface area contributed by atoms with Gasteiger partial charge in [0.1, 0.15) is 5.82 Å². The number of hydrogen-bond acceptors (Lipinski definition) is 6. The first kappa shape index (κ1) is 22.9. The van der Waals surface area contributed by atoms with Crippen LogP contribution >= 0.6 is 11.8 Å². The van der Waals surface area contributed by atoms with Crippen LogP contribution in [0.4, 0.5) is 0 Å². The van der Waals surface area contributed by atoms with Gasteiger partial charge < -0.3 is 4.57 Å². The van der Waals surface area contributed by atoms with Crippen LogP contribution in [0.2, 0.25) is 0 Å². The maximum Gasteiger partial charge on any atom is 0.348 e. The number of imidazole rings is 1. The molecule has 178 valence electrons. The first-order valence-corrected chi connectivity index (χ1v) is 13.8. The van der Waals surface area contributed by atoms with Crippen LogP contribution in [0.25, 0.3) is 16.7 Å². The van der Waals surface area contributed by atoms with E-state index in [0.717, 1.165) is 30.6 Å². The fraction of sp³-hybridized carbons (Fsp3) is 0.348. The second-order valence-electron chi connectivity index (χ2n) is 8.16. The number of nitrogens with one attached hydrogen (secondary N) is 1. The van der Waals surface area contributed by atoms with Gasteiger partial charge >= 0.3 is 5.69 Å². The smallest absolute Gasteiger partial charge is 0.328 e. The fourth-order valence-electron chi connectivity index (χ4n) is 4.29. The van der Waals surface area contributed by atoms with E-state index in [1.807, 2.05) is 43.3 Å². The van der Waals surface area contributed by atoms with Gasteiger partial charge in [-0.2, -0.15) is 8.99 Å². The summed E-state index contributed by atoms with van der Waals surface area (Å²) in [5, 5.41) is 4.89. The third kappa shape index (κ3) is 4.30. The summed E-state index contributed by atoms with van der Waals surface area (Å²) in [6.07, 6.45) is 2.87. The predicted molar refractivity (Wildman–Crippen MR) is 132 cm³/mol. The van der Waals surface area contributed by atoms with E-state index in [9.17, 15) is 13.2 Å². The monoisotopic (exact) mass is 498 g/mol. The van der Waals surface area contributed by atoms with Crippen LogP contribution in [0.5, 0.6) is 0 Å². The molecule has 1 aliphatic heterocycles. The number of benzene rings is 2. The van der Waals surface area contributed by atoms with Gasteiger partial charge in [0.2, 0.25) is 10.0 Å². The minimum Gasteiger partial charge on any atom is -0.328 e. The largest absolute Gasteiger partial charge is 0.348 e. The van der Waals surface area contributed by atoms with Gasteiger partial charge in [0.05, 0.1) is 27.4 Å². The highest BCUT2D eigenvalue weighted by molar-refractivity contribution is 7.98. The first-order valence-electron chi connectivity index (χ1n) is 11.3. The number of aromatic nitrogens is 5. The van der Waals surface area contributed by atoms with Gasteiger partial charge in [-0.05, 0) is 50.1 Å². The van der Waals surface area contributed by atoms with Crippen molar-refractivity contribution in [2.24, 2.45) is 0 Å². The fourth-order valence-corrected chi connectivity index (χ4v) is 6.61. The number of rotatable bonds is 7. The molecule has 5 rings (SSSR count). The van der Waals surface area contributed by atoms with Crippen LogP contribution in [0.1, 0.15) is 32.0 Å². The summed E-state index contributed by atoms with van der Waals surface area (Å²) in [5.74, 6) is 1.28. The van der Waals surface area contributed by atoms with Crippen LogP contribution in [0.15, 0.2) is 63.4 Å². The van der Waals surface area contributed by atoms with E-state index in [1.165, 1.54) is 16.4 Å². The number of fused-ring (bicyclic) bond motifs is 1. The lowest BCUT2D eigenvalue weighted by Crippen LogP contribution is -2.35. The Hall–Kier alpha value is -2.89. The molecule has 1 saturated heterocycles. The molecule has 0 spiro atoms. The molecule has 1 aliphatic rings. The lowest BCUT2D eigenvalue weighted by molar-refractivity contribution is 0.346. The highest BCUT2D eigenvalue weighted by Crippen LogP contribution is 2.27. The molecule has 11 heteroatoms. The summed E-state index contributed by atoms with van der Waals surface area (Å²) in [6, 6.07) is 14.4. The molecule has 9 nitrogen and oxygen atoms in total. The number of piperidine rings is 1. The summed E-state index contributed by atoms with van der Waals surface area (Å²) in [6.45, 7) is 3.86. The Kier molecular flexibility index (Phi) is 6.32. The summed E-state index contributed by atoms with van der Waals surface area (Å²) in [5.41, 5.74) is 1.93. The van der Waals surface area contributed by atoms with Crippen molar-refractivity contribution in [1.29, 1.82) is 0 Å². The Morgan fingerprint density at radius 3 is 2.56 bits per heavy atom. The zero-order chi connectivity index (χ0) is 23.7. The molecule has 1 N–H and O–H groups in total. The van der Waals surface area contributed by atoms with Gasteiger partial charge in [-0.1, -0.05) is 36.4 Å². The average molecular weight is 499 g/mol. The molecule has 1 fully saturated rings. The third-order valence-corrected chi connectivity index (χ3v) is 8.76. The molecule has 4 aromatic rings. The number of para-hydroxylation sites is 1. The Labute approximate surface area is 201 Å². The van der Waals surface area contributed by atoms with E-state index in [2.05, 4.69) is 14.6 Å². The van der Waals surface area contributed by atoms with Crippen molar-refractivity contribution in [2.45, 2.75) is 48.5 Å². The van der Waals surface area contributed by atoms with Crippen molar-refractivity contribution in [3.63, 3.8) is 0 Å². The first-order chi connectivity index (χ1) is 16.5. The van der Waals surface area contributed by atoms with Crippen molar-refractivity contribution < 1.29 is 8.42 Å². The standard InChI is InChI=1S/C23H26N6O3S2/c1-2-28-20-12-11-18(34(31,32)27-13-7-4-8-14-27)15-19(20)24-21(28)16-33-22-25-23(30)29(26-22)17-9-5-3-6-10-17/h3,5-6,9-12,15H,2,4,7-8,13-14,16H2,1H3,(H,25,26,30). The SMILES string of the molecule is CCn1c(CSc2nn(-c3ccccc3)c(=O)[nH]2)nc2cc(S(=O)(=O)N3CCCCC3)ccc21. The maximum absolute atomic E-state index is 13.1. The van der Waals surface area contributed by atoms with E-state index < -0.39 is 10.0 Å². The molecular formula is C23H26N6O3S2. The topological polar surface area (TPSA) is 106 Å². The normalized spacial score (nSPS) is 15.2. The number of thioether (sulfide) groups is 1. The van der Waals surface area contributed by atoms with Crippen molar-refractivity contribution >= 4 is 32.8 Å². The minimum absolute atomic E-state index is 0.285. The second-order valence-corrected chi connectivity index (χ2v) is 11.1. The molecule has 0 atom stereocenters. The molecular weight excluding hydrogens is 472 g/mol. The lowest BCUT2D eigenvalue weighted by atomic mass is 10.2. The molecule has 0 bridgehead atoms. The highest BCUT2D eigenvalue weighted by Gasteiger charge is 2.26. The number of aromatic amines is 1. The van der Waals surface area contributed by atoms with Crippen LogP contribution in [-0.4, -0.2) is 50.1 Å². The molecule has 0 radical (unpaired) electrons. The van der Waals surface area contributed by atoms with E-state index in [4.69, 9.17) is 4.98 Å². The molecule has 0 saturated carbocycles. The zero-order valence-corrected chi connectivity index (χ0v) is 20.5. The van der Waals surface area contributed by atoms with Gasteiger partial charge in [-0.15, -0.1) is 5.10 Å². The van der Waals surface area contributed by atoms with E-state index in [-0.39, 0.29) is 10.6 Å². The van der Waals surface area contributed by atoms with Crippen LogP contribution < -0.4 is 5.69 Å². The Balaban J connectivity index is 1.40. The number of aryl methyl sites for hydroxylation is 1. The van der Waals surface area contributed by atoms with Crippen molar-refractivity contribution in [3.05, 3.63) is 64.8 Å².